The Labute approximate surface area is 169 Å². The molecule has 8 heteroatoms. The third-order valence-corrected chi connectivity index (χ3v) is 5.75. The summed E-state index contributed by atoms with van der Waals surface area (Å²) in [6, 6.07) is 8.36. The molecule has 3 aromatic rings. The van der Waals surface area contributed by atoms with Gasteiger partial charge in [-0.2, -0.15) is 5.10 Å². The topological polar surface area (TPSA) is 78.3 Å². The van der Waals surface area contributed by atoms with E-state index in [1.54, 1.807) is 45.8 Å². The summed E-state index contributed by atoms with van der Waals surface area (Å²) < 4.78 is 26.4. The number of sulfone groups is 1. The molecule has 4 rings (SSSR count). The Morgan fingerprint density at radius 2 is 2.00 bits per heavy atom. The number of hydrogen-bond acceptors (Lipinski definition) is 4. The molecule has 0 amide bonds. The van der Waals surface area contributed by atoms with Crippen molar-refractivity contribution in [2.75, 3.05) is 6.26 Å². The van der Waals surface area contributed by atoms with Crippen LogP contribution in [-0.2, 0) is 22.1 Å². The zero-order valence-electron chi connectivity index (χ0n) is 15.9. The monoisotopic (exact) mass is 408 g/mol. The van der Waals surface area contributed by atoms with Gasteiger partial charge >= 0.3 is 0 Å². The summed E-state index contributed by atoms with van der Waals surface area (Å²) in [5.41, 5.74) is 3.15. The quantitative estimate of drug-likeness (QED) is 0.587. The highest BCUT2D eigenvalue weighted by Gasteiger charge is 2.22. The fraction of sp³-hybridized carbons (Fsp3) is 0.286. The molecule has 1 aliphatic carbocycles. The van der Waals surface area contributed by atoms with Crippen molar-refractivity contribution in [3.63, 3.8) is 0 Å². The third-order valence-electron chi connectivity index (χ3n) is 4.89. The Kier molecular flexibility index (Phi) is 4.84. The van der Waals surface area contributed by atoms with Crippen LogP contribution in [0.3, 0.4) is 0 Å². The van der Waals surface area contributed by atoms with E-state index in [0.29, 0.717) is 22.7 Å². The zero-order valence-corrected chi connectivity index (χ0v) is 16.8. The minimum atomic E-state index is -3.17. The van der Waals surface area contributed by atoms with Crippen LogP contribution in [0.25, 0.3) is 21.7 Å². The van der Waals surface area contributed by atoms with Crippen LogP contribution in [0.1, 0.15) is 18.4 Å². The Balaban J connectivity index is 1.66. The first kappa shape index (κ1) is 19.2. The highest BCUT2D eigenvalue weighted by molar-refractivity contribution is 7.89. The van der Waals surface area contributed by atoms with Gasteiger partial charge in [-0.15, -0.1) is 0 Å². The largest absolute Gasteiger partial charge is 0.313 e. The second kappa shape index (κ2) is 7.33. The van der Waals surface area contributed by atoms with Gasteiger partial charge < -0.3 is 4.57 Å². The van der Waals surface area contributed by atoms with Crippen molar-refractivity contribution in [1.82, 2.24) is 14.3 Å². The Hall–Kier alpha value is -3.18. The zero-order chi connectivity index (χ0) is 20.6. The van der Waals surface area contributed by atoms with Crippen LogP contribution in [0.5, 0.6) is 0 Å². The maximum Gasteiger partial charge on any atom is 0.250 e. The molecule has 1 saturated carbocycles. The first-order chi connectivity index (χ1) is 13.8. The molecule has 1 fully saturated rings. The maximum atomic E-state index is 12.1. The van der Waals surface area contributed by atoms with Crippen molar-refractivity contribution < 1.29 is 8.42 Å². The molecule has 0 unspecified atom stereocenters. The second-order valence-corrected chi connectivity index (χ2v) is 9.67. The Morgan fingerprint density at radius 1 is 1.21 bits per heavy atom. The van der Waals surface area contributed by atoms with E-state index in [4.69, 9.17) is 6.57 Å². The molecule has 0 atom stereocenters. The molecule has 2 heterocycles. The van der Waals surface area contributed by atoms with E-state index in [1.807, 2.05) is 12.4 Å². The molecular weight excluding hydrogens is 388 g/mol. The summed E-state index contributed by atoms with van der Waals surface area (Å²) in [5, 5.41) is 4.39. The van der Waals surface area contributed by atoms with Crippen LogP contribution < -0.4 is 5.56 Å². The summed E-state index contributed by atoms with van der Waals surface area (Å²) in [6.07, 6.45) is 8.78. The molecule has 0 bridgehead atoms. The normalized spacial score (nSPS) is 13.9. The number of nitrogens with zero attached hydrogens (tertiary/aromatic N) is 4. The van der Waals surface area contributed by atoms with E-state index in [2.05, 4.69) is 9.94 Å². The summed E-state index contributed by atoms with van der Waals surface area (Å²) in [7, 11) is -3.17. The molecule has 0 saturated heterocycles. The number of rotatable bonds is 6. The van der Waals surface area contributed by atoms with Gasteiger partial charge in [-0.25, -0.2) is 17.9 Å². The van der Waals surface area contributed by atoms with E-state index in [-0.39, 0.29) is 11.3 Å². The summed E-state index contributed by atoms with van der Waals surface area (Å²) in [4.78, 5) is 15.6. The van der Waals surface area contributed by atoms with E-state index < -0.39 is 9.84 Å². The molecule has 1 aliphatic rings. The molecule has 7 nitrogen and oxygen atoms in total. The van der Waals surface area contributed by atoms with Crippen LogP contribution in [0.2, 0.25) is 0 Å². The lowest BCUT2D eigenvalue weighted by Crippen LogP contribution is -2.20. The average Bonchev–Trinajstić information content (AvgIpc) is 3.35. The van der Waals surface area contributed by atoms with Gasteiger partial charge in [0.15, 0.2) is 15.5 Å². The van der Waals surface area contributed by atoms with E-state index >= 15 is 0 Å². The molecule has 0 N–H and O–H groups in total. The van der Waals surface area contributed by atoms with Crippen molar-refractivity contribution in [2.45, 2.75) is 25.1 Å². The van der Waals surface area contributed by atoms with Crippen molar-refractivity contribution in [3.8, 4) is 16.8 Å². The second-order valence-electron chi connectivity index (χ2n) is 7.53. The molecule has 148 valence electrons. The number of pyridine rings is 1. The molecule has 1 aromatic carbocycles. The van der Waals surface area contributed by atoms with Gasteiger partial charge in [0, 0.05) is 36.8 Å². The van der Waals surface area contributed by atoms with E-state index in [9.17, 15) is 13.2 Å². The molecule has 0 aliphatic heterocycles. The highest BCUT2D eigenvalue weighted by Crippen LogP contribution is 2.32. The predicted molar refractivity (Wildman–Crippen MR) is 111 cm³/mol. The van der Waals surface area contributed by atoms with Crippen LogP contribution >= 0.6 is 0 Å². The van der Waals surface area contributed by atoms with Gasteiger partial charge in [-0.3, -0.25) is 4.79 Å². The van der Waals surface area contributed by atoms with Gasteiger partial charge in [0.2, 0.25) is 0 Å². The van der Waals surface area contributed by atoms with Crippen molar-refractivity contribution in [2.24, 2.45) is 5.92 Å². The number of hydrogen-bond donors (Lipinski definition) is 0. The lowest BCUT2D eigenvalue weighted by molar-refractivity contribution is 0.601. The van der Waals surface area contributed by atoms with Crippen molar-refractivity contribution >= 4 is 15.5 Å². The molecular formula is C21H20N4O3S. The lowest BCUT2D eigenvalue weighted by Gasteiger charge is -2.08. The Morgan fingerprint density at radius 3 is 2.69 bits per heavy atom. The van der Waals surface area contributed by atoms with Crippen LogP contribution in [0.15, 0.2) is 53.7 Å². The Bertz CT molecular complexity index is 1280. The van der Waals surface area contributed by atoms with Gasteiger partial charge in [-0.05, 0) is 36.0 Å². The van der Waals surface area contributed by atoms with Gasteiger partial charge in [0.1, 0.15) is 0 Å². The predicted octanol–water partition coefficient (Wildman–Crippen LogP) is 3.21. The van der Waals surface area contributed by atoms with Crippen LogP contribution in [-0.4, -0.2) is 29.0 Å². The minimum Gasteiger partial charge on any atom is -0.313 e. The highest BCUT2D eigenvalue weighted by atomic mass is 32.2. The molecule has 2 aromatic heterocycles. The van der Waals surface area contributed by atoms with E-state index in [1.165, 1.54) is 6.26 Å². The first-order valence-electron chi connectivity index (χ1n) is 9.26. The fourth-order valence-corrected chi connectivity index (χ4v) is 4.07. The van der Waals surface area contributed by atoms with Crippen LogP contribution in [0, 0.1) is 12.5 Å². The molecule has 0 radical (unpaired) electrons. The molecule has 0 spiro atoms. The standard InChI is InChI=1S/C21H20N4O3S/c1-22-20-9-16(14-29(2,27)28)5-7-19(20)17-10-23-25(12-17)18-6-8-21(26)24(13-18)11-15-3-4-15/h5-10,12-13,15H,3-4,11,14H2,2H3. The summed E-state index contributed by atoms with van der Waals surface area (Å²) in [6.45, 7) is 8.19. The first-order valence-corrected chi connectivity index (χ1v) is 11.3. The van der Waals surface area contributed by atoms with Crippen LogP contribution in [0.4, 0.5) is 5.69 Å². The van der Waals surface area contributed by atoms with Gasteiger partial charge in [-0.1, -0.05) is 18.2 Å². The minimum absolute atomic E-state index is 0.0233. The summed E-state index contributed by atoms with van der Waals surface area (Å²) >= 11 is 0. The number of benzene rings is 1. The third kappa shape index (κ3) is 4.46. The smallest absolute Gasteiger partial charge is 0.250 e. The molecule has 29 heavy (non-hydrogen) atoms. The maximum absolute atomic E-state index is 12.1. The fourth-order valence-electron chi connectivity index (χ4n) is 3.28. The number of aromatic nitrogens is 3. The summed E-state index contributed by atoms with van der Waals surface area (Å²) in [5.74, 6) is 0.486. The van der Waals surface area contributed by atoms with Gasteiger partial charge in [0.25, 0.3) is 5.56 Å². The lowest BCUT2D eigenvalue weighted by atomic mass is 10.1. The SMILES string of the molecule is [C-]#[N+]c1cc(CS(C)(=O)=O)ccc1-c1cnn(-c2ccc(=O)n(CC3CC3)c2)c1. The average molecular weight is 408 g/mol. The van der Waals surface area contributed by atoms with Crippen molar-refractivity contribution in [1.29, 1.82) is 0 Å². The van der Waals surface area contributed by atoms with Crippen molar-refractivity contribution in [3.05, 3.63) is 76.3 Å². The van der Waals surface area contributed by atoms with E-state index in [0.717, 1.165) is 30.6 Å². The van der Waals surface area contributed by atoms with Gasteiger partial charge in [0.05, 0.1) is 24.2 Å².